The molecule has 0 radical (unpaired) electrons. The van der Waals surface area contributed by atoms with E-state index in [1.54, 1.807) is 37.3 Å². The summed E-state index contributed by atoms with van der Waals surface area (Å²) in [6.07, 6.45) is 0. The van der Waals surface area contributed by atoms with Crippen LogP contribution in [0, 0.1) is 6.92 Å². The number of Topliss-reactive ketones (excluding diaryl/α,β-unsaturated/α-hetero) is 1. The Morgan fingerprint density at radius 3 is 2.32 bits per heavy atom. The summed E-state index contributed by atoms with van der Waals surface area (Å²) in [4.78, 5) is 24.8. The molecule has 9 heteroatoms. The van der Waals surface area contributed by atoms with Crippen molar-refractivity contribution in [3.05, 3.63) is 59.2 Å². The molecule has 0 N–H and O–H groups in total. The molecule has 0 atom stereocenters. The van der Waals surface area contributed by atoms with Gasteiger partial charge in [0.1, 0.15) is 5.75 Å². The molecule has 1 aliphatic rings. The smallest absolute Gasteiger partial charge is 0.338 e. The van der Waals surface area contributed by atoms with E-state index < -0.39 is 22.6 Å². The molecule has 0 aromatic heterocycles. The molecule has 0 saturated carbocycles. The van der Waals surface area contributed by atoms with Crippen molar-refractivity contribution in [2.24, 2.45) is 0 Å². The molecule has 2 aromatic carbocycles. The first-order chi connectivity index (χ1) is 14.8. The van der Waals surface area contributed by atoms with Crippen LogP contribution in [0.4, 0.5) is 0 Å². The van der Waals surface area contributed by atoms with Crippen LogP contribution in [-0.2, 0) is 19.5 Å². The maximum absolute atomic E-state index is 13.0. The van der Waals surface area contributed by atoms with Gasteiger partial charge in [0.05, 0.1) is 30.3 Å². The fourth-order valence-electron chi connectivity index (χ4n) is 3.13. The summed E-state index contributed by atoms with van der Waals surface area (Å²) in [5.74, 6) is -0.493. The van der Waals surface area contributed by atoms with Crippen LogP contribution in [0.25, 0.3) is 0 Å². The fraction of sp³-hybridized carbons (Fsp3) is 0.364. The largest absolute Gasteiger partial charge is 0.494 e. The summed E-state index contributed by atoms with van der Waals surface area (Å²) >= 11 is 0. The molecule has 0 bridgehead atoms. The summed E-state index contributed by atoms with van der Waals surface area (Å²) in [6.45, 7) is 4.76. The van der Waals surface area contributed by atoms with E-state index in [-0.39, 0.29) is 29.3 Å². The van der Waals surface area contributed by atoms with E-state index in [0.29, 0.717) is 36.7 Å². The van der Waals surface area contributed by atoms with Crippen LogP contribution < -0.4 is 4.74 Å². The molecular formula is C22H25NO7S. The number of esters is 1. The molecule has 3 rings (SSSR count). The molecule has 8 nitrogen and oxygen atoms in total. The van der Waals surface area contributed by atoms with Crippen molar-refractivity contribution in [1.29, 1.82) is 0 Å². The molecule has 0 spiro atoms. The van der Waals surface area contributed by atoms with Crippen molar-refractivity contribution in [2.45, 2.75) is 18.7 Å². The van der Waals surface area contributed by atoms with Crippen molar-refractivity contribution in [3.8, 4) is 5.75 Å². The van der Waals surface area contributed by atoms with Crippen LogP contribution in [-0.4, -0.2) is 64.0 Å². The van der Waals surface area contributed by atoms with Crippen LogP contribution in [0.2, 0.25) is 0 Å². The molecule has 31 heavy (non-hydrogen) atoms. The zero-order chi connectivity index (χ0) is 22.4. The average molecular weight is 448 g/mol. The minimum atomic E-state index is -3.77. The van der Waals surface area contributed by atoms with E-state index in [9.17, 15) is 18.0 Å². The van der Waals surface area contributed by atoms with Crippen molar-refractivity contribution in [3.63, 3.8) is 0 Å². The van der Waals surface area contributed by atoms with Gasteiger partial charge >= 0.3 is 5.97 Å². The van der Waals surface area contributed by atoms with Gasteiger partial charge in [0.15, 0.2) is 12.4 Å². The number of carbonyl (C=O) groups is 2. The molecule has 166 valence electrons. The SMILES string of the molecule is CCOc1ccc(C(=O)COC(=O)c2ccc(C)c(S(=O)(=O)N3CCOCC3)c2)cc1. The highest BCUT2D eigenvalue weighted by Crippen LogP contribution is 2.23. The fourth-order valence-corrected chi connectivity index (χ4v) is 4.79. The number of ketones is 1. The van der Waals surface area contributed by atoms with E-state index in [2.05, 4.69) is 0 Å². The number of sulfonamides is 1. The summed E-state index contributed by atoms with van der Waals surface area (Å²) in [6, 6.07) is 10.9. The predicted molar refractivity (Wildman–Crippen MR) is 113 cm³/mol. The predicted octanol–water partition coefficient (Wildman–Crippen LogP) is 2.45. The molecule has 0 aliphatic carbocycles. The van der Waals surface area contributed by atoms with Crippen molar-refractivity contribution < 1.29 is 32.2 Å². The lowest BCUT2D eigenvalue weighted by Gasteiger charge is -2.26. The van der Waals surface area contributed by atoms with Crippen LogP contribution in [0.3, 0.4) is 0 Å². The van der Waals surface area contributed by atoms with Gasteiger partial charge in [-0.1, -0.05) is 6.07 Å². The van der Waals surface area contributed by atoms with Crippen LogP contribution >= 0.6 is 0 Å². The number of hydrogen-bond donors (Lipinski definition) is 0. The van der Waals surface area contributed by atoms with Crippen molar-refractivity contribution >= 4 is 21.8 Å². The molecule has 1 aliphatic heterocycles. The number of aryl methyl sites for hydroxylation is 1. The third-order valence-corrected chi connectivity index (χ3v) is 6.87. The quantitative estimate of drug-likeness (QED) is 0.453. The number of morpholine rings is 1. The first-order valence-electron chi connectivity index (χ1n) is 9.94. The van der Waals surface area contributed by atoms with Gasteiger partial charge in [0.2, 0.25) is 10.0 Å². The van der Waals surface area contributed by atoms with Crippen LogP contribution in [0.1, 0.15) is 33.2 Å². The minimum Gasteiger partial charge on any atom is -0.494 e. The lowest BCUT2D eigenvalue weighted by atomic mass is 10.1. The van der Waals surface area contributed by atoms with Gasteiger partial charge in [0.25, 0.3) is 0 Å². The minimum absolute atomic E-state index is 0.0432. The molecule has 1 saturated heterocycles. The highest BCUT2D eigenvalue weighted by Gasteiger charge is 2.28. The number of hydrogen-bond acceptors (Lipinski definition) is 7. The third kappa shape index (κ3) is 5.49. The Kier molecular flexibility index (Phi) is 7.42. The highest BCUT2D eigenvalue weighted by atomic mass is 32.2. The summed E-state index contributed by atoms with van der Waals surface area (Å²) in [7, 11) is -3.77. The summed E-state index contributed by atoms with van der Waals surface area (Å²) in [5, 5.41) is 0. The van der Waals surface area contributed by atoms with E-state index in [0.717, 1.165) is 0 Å². The molecule has 2 aromatic rings. The van der Waals surface area contributed by atoms with Gasteiger partial charge < -0.3 is 14.2 Å². The van der Waals surface area contributed by atoms with E-state index >= 15 is 0 Å². The first kappa shape index (κ1) is 22.9. The van der Waals surface area contributed by atoms with E-state index in [4.69, 9.17) is 14.2 Å². The Hall–Kier alpha value is -2.75. The van der Waals surface area contributed by atoms with E-state index in [1.807, 2.05) is 6.92 Å². The Bertz CT molecular complexity index is 1040. The van der Waals surface area contributed by atoms with Gasteiger partial charge in [0, 0.05) is 18.7 Å². The second-order valence-electron chi connectivity index (χ2n) is 6.95. The Labute approximate surface area is 181 Å². The van der Waals surface area contributed by atoms with Crippen molar-refractivity contribution in [2.75, 3.05) is 39.5 Å². The van der Waals surface area contributed by atoms with Crippen LogP contribution in [0.15, 0.2) is 47.4 Å². The zero-order valence-electron chi connectivity index (χ0n) is 17.5. The molecule has 1 heterocycles. The topological polar surface area (TPSA) is 99.2 Å². The third-order valence-electron chi connectivity index (χ3n) is 4.83. The average Bonchev–Trinajstić information content (AvgIpc) is 2.78. The van der Waals surface area contributed by atoms with Crippen molar-refractivity contribution in [1.82, 2.24) is 4.31 Å². The lowest BCUT2D eigenvalue weighted by Crippen LogP contribution is -2.40. The highest BCUT2D eigenvalue weighted by molar-refractivity contribution is 7.89. The number of benzene rings is 2. The maximum Gasteiger partial charge on any atom is 0.338 e. The monoisotopic (exact) mass is 447 g/mol. The van der Waals surface area contributed by atoms with Gasteiger partial charge in [-0.2, -0.15) is 4.31 Å². The summed E-state index contributed by atoms with van der Waals surface area (Å²) in [5.41, 5.74) is 0.973. The molecule has 0 unspecified atom stereocenters. The molecular weight excluding hydrogens is 422 g/mol. The Morgan fingerprint density at radius 2 is 1.68 bits per heavy atom. The van der Waals surface area contributed by atoms with Gasteiger partial charge in [-0.25, -0.2) is 13.2 Å². The number of rotatable bonds is 8. The second kappa shape index (κ2) is 10.0. The summed E-state index contributed by atoms with van der Waals surface area (Å²) < 4.78 is 42.9. The van der Waals surface area contributed by atoms with Gasteiger partial charge in [-0.15, -0.1) is 0 Å². The standard InChI is InChI=1S/C22H25NO7S/c1-3-29-19-8-6-17(7-9-19)20(24)15-30-22(25)18-5-4-16(2)21(14-18)31(26,27)23-10-12-28-13-11-23/h4-9,14H,3,10-13,15H2,1-2H3. The molecule has 1 fully saturated rings. The Balaban J connectivity index is 1.69. The Morgan fingerprint density at radius 1 is 1.03 bits per heavy atom. The van der Waals surface area contributed by atoms with Crippen LogP contribution in [0.5, 0.6) is 5.75 Å². The zero-order valence-corrected chi connectivity index (χ0v) is 18.3. The molecule has 0 amide bonds. The van der Waals surface area contributed by atoms with Gasteiger partial charge in [-0.3, -0.25) is 4.79 Å². The number of carbonyl (C=O) groups excluding carboxylic acids is 2. The van der Waals surface area contributed by atoms with E-state index in [1.165, 1.54) is 16.4 Å². The maximum atomic E-state index is 13.0. The van der Waals surface area contributed by atoms with Gasteiger partial charge in [-0.05, 0) is 55.8 Å². The number of nitrogens with zero attached hydrogens (tertiary/aromatic N) is 1. The number of ether oxygens (including phenoxy) is 3. The lowest BCUT2D eigenvalue weighted by molar-refractivity contribution is 0.0474. The normalized spacial score (nSPS) is 14.8. The first-order valence-corrected chi connectivity index (χ1v) is 11.4. The second-order valence-corrected chi connectivity index (χ2v) is 8.86.